The fourth-order valence-electron chi connectivity index (χ4n) is 5.59. The summed E-state index contributed by atoms with van der Waals surface area (Å²) < 4.78 is 26.5. The van der Waals surface area contributed by atoms with E-state index in [0.29, 0.717) is 0 Å². The lowest BCUT2D eigenvalue weighted by Crippen LogP contribution is -2.67. The van der Waals surface area contributed by atoms with Crippen molar-refractivity contribution in [2.24, 2.45) is 0 Å². The Morgan fingerprint density at radius 2 is 0.889 bits per heavy atom. The molecule has 1 aliphatic carbocycles. The van der Waals surface area contributed by atoms with Gasteiger partial charge in [0, 0.05) is 0 Å². The molecule has 4 fully saturated rings. The largest absolute Gasteiger partial charge is 0.394 e. The number of carbonyl (C=O) groups is 1. The summed E-state index contributed by atoms with van der Waals surface area (Å²) in [7, 11) is 0. The number of rotatable bonds is 8. The lowest BCUT2D eigenvalue weighted by atomic mass is 9.84. The Bertz CT molecular complexity index is 973. The molecule has 21 atom stereocenters. The normalized spacial score (nSPS) is 54.5. The van der Waals surface area contributed by atoms with Crippen molar-refractivity contribution < 1.29 is 105 Å². The summed E-state index contributed by atoms with van der Waals surface area (Å²) in [6.07, 6.45) is -41.4. The lowest BCUT2D eigenvalue weighted by Gasteiger charge is -2.46. The summed E-state index contributed by atoms with van der Waals surface area (Å²) in [6.45, 7) is -1.75. The maximum Gasteiger partial charge on any atom is 0.195 e. The number of carbonyl (C=O) groups excluding carboxylic acids is 1. The van der Waals surface area contributed by atoms with Crippen LogP contribution in [0.4, 0.5) is 0 Å². The molecule has 0 bridgehead atoms. The van der Waals surface area contributed by atoms with Crippen molar-refractivity contribution >= 4 is 5.78 Å². The second-order valence-electron chi connectivity index (χ2n) is 11.5. The van der Waals surface area contributed by atoms with Crippen molar-refractivity contribution in [3.8, 4) is 0 Å². The van der Waals surface area contributed by atoms with Gasteiger partial charge in [0.1, 0.15) is 110 Å². The minimum atomic E-state index is -2.15. The van der Waals surface area contributed by atoms with Gasteiger partial charge in [-0.1, -0.05) is 0 Å². The summed E-state index contributed by atoms with van der Waals surface area (Å²) in [5, 5.41) is 152. The molecule has 9 unspecified atom stereocenters. The van der Waals surface area contributed by atoms with Gasteiger partial charge in [-0.15, -0.1) is 0 Å². The van der Waals surface area contributed by atoms with Crippen molar-refractivity contribution in [1.82, 2.24) is 0 Å². The lowest BCUT2D eigenvalue weighted by molar-refractivity contribution is -0.349. The van der Waals surface area contributed by atoms with E-state index in [0.717, 1.165) is 0 Å². The highest BCUT2D eigenvalue weighted by Crippen LogP contribution is 2.32. The first-order chi connectivity index (χ1) is 21.0. The summed E-state index contributed by atoms with van der Waals surface area (Å²) in [4.78, 5) is 13.1. The average molecular weight is 665 g/mol. The molecule has 4 aliphatic rings. The maximum atomic E-state index is 13.1. The van der Waals surface area contributed by atoms with Crippen LogP contribution >= 0.6 is 0 Å². The van der Waals surface area contributed by atoms with Crippen molar-refractivity contribution in [3.63, 3.8) is 0 Å². The van der Waals surface area contributed by atoms with Crippen LogP contribution in [0.2, 0.25) is 0 Å². The van der Waals surface area contributed by atoms with Crippen LogP contribution in [0.25, 0.3) is 0 Å². The van der Waals surface area contributed by atoms with Crippen molar-refractivity contribution in [1.29, 1.82) is 0 Å². The van der Waals surface area contributed by atoms with Crippen LogP contribution in [0.1, 0.15) is 0 Å². The maximum absolute atomic E-state index is 13.1. The highest BCUT2D eigenvalue weighted by Gasteiger charge is 2.55. The van der Waals surface area contributed by atoms with Crippen LogP contribution in [0.3, 0.4) is 0 Å². The molecule has 3 aliphatic heterocycles. The minimum absolute atomic E-state index is 0.865. The van der Waals surface area contributed by atoms with Gasteiger partial charge in [-0.2, -0.15) is 0 Å². The van der Waals surface area contributed by atoms with Crippen LogP contribution in [0.5, 0.6) is 0 Å². The van der Waals surface area contributed by atoms with Crippen LogP contribution in [0.15, 0.2) is 0 Å². The van der Waals surface area contributed by atoms with Crippen molar-refractivity contribution in [2.45, 2.75) is 129 Å². The molecule has 4 rings (SSSR count). The van der Waals surface area contributed by atoms with E-state index in [2.05, 4.69) is 0 Å². The van der Waals surface area contributed by atoms with E-state index in [-0.39, 0.29) is 0 Å². The Labute approximate surface area is 253 Å². The predicted octanol–water partition coefficient (Wildman–Crippen LogP) is -10.8. The Balaban J connectivity index is 1.44. The fourth-order valence-corrected chi connectivity index (χ4v) is 5.59. The zero-order valence-corrected chi connectivity index (χ0v) is 23.2. The molecule has 0 spiro atoms. The first-order valence-corrected chi connectivity index (χ1v) is 13.9. The van der Waals surface area contributed by atoms with Gasteiger partial charge in [0.25, 0.3) is 0 Å². The van der Waals surface area contributed by atoms with Gasteiger partial charge in [-0.3, -0.25) is 4.79 Å². The molecular formula is C24H40O21. The van der Waals surface area contributed by atoms with E-state index >= 15 is 0 Å². The fraction of sp³-hybridized carbons (Fsp3) is 0.958. The van der Waals surface area contributed by atoms with Crippen LogP contribution in [-0.4, -0.2) is 224 Å². The molecule has 0 radical (unpaired) electrons. The molecule has 21 heteroatoms. The van der Waals surface area contributed by atoms with E-state index in [4.69, 9.17) is 23.7 Å². The zero-order chi connectivity index (χ0) is 33.7. The smallest absolute Gasteiger partial charge is 0.195 e. The molecule has 0 aromatic heterocycles. The summed E-state index contributed by atoms with van der Waals surface area (Å²) in [5.41, 5.74) is 0. The predicted molar refractivity (Wildman–Crippen MR) is 133 cm³/mol. The Kier molecular flexibility index (Phi) is 11.9. The van der Waals surface area contributed by atoms with Gasteiger partial charge >= 0.3 is 0 Å². The number of ketones is 1. The minimum Gasteiger partial charge on any atom is -0.394 e. The standard InChI is InChI=1S/C24H40O21/c25-1-3-5(26)7(28)13(34)21(42-3)19(40)22-16(37)12(33)17(38)23(44-22)41-2-4-6(27)8(29)18(39)24(43-4)45-20-14(35)10(31)9(30)11(32)15(20)36/h3-18,20-39H,1-2H2/t3?,4?,5-,6-,7-,8-,9?,10-,11+,12-,13?,14?,15+,16+,17?,18?,20?,21+,22?,23+,24-/m0/s1. The topological polar surface area (TPSA) is 367 Å². The van der Waals surface area contributed by atoms with Crippen molar-refractivity contribution in [3.05, 3.63) is 0 Å². The van der Waals surface area contributed by atoms with E-state index in [1.54, 1.807) is 0 Å². The molecule has 15 N–H and O–H groups in total. The Morgan fingerprint density at radius 3 is 1.44 bits per heavy atom. The first-order valence-electron chi connectivity index (χ1n) is 13.9. The first kappa shape index (κ1) is 36.7. The zero-order valence-electron chi connectivity index (χ0n) is 23.2. The Hall–Kier alpha value is -1.13. The second-order valence-corrected chi connectivity index (χ2v) is 11.5. The van der Waals surface area contributed by atoms with Crippen molar-refractivity contribution in [2.75, 3.05) is 13.2 Å². The molecule has 0 aromatic carbocycles. The van der Waals surface area contributed by atoms with Gasteiger partial charge in [0.2, 0.25) is 0 Å². The third kappa shape index (κ3) is 6.90. The van der Waals surface area contributed by atoms with Crippen LogP contribution in [-0.2, 0) is 28.5 Å². The number of Topliss-reactive ketones (excluding diaryl/α,β-unsaturated/α-hetero) is 1. The van der Waals surface area contributed by atoms with E-state index < -0.39 is 148 Å². The van der Waals surface area contributed by atoms with Gasteiger partial charge in [-0.05, 0) is 0 Å². The van der Waals surface area contributed by atoms with Crippen LogP contribution < -0.4 is 0 Å². The van der Waals surface area contributed by atoms with Gasteiger partial charge in [-0.25, -0.2) is 0 Å². The number of hydrogen-bond donors (Lipinski definition) is 15. The van der Waals surface area contributed by atoms with E-state index in [1.165, 1.54) is 0 Å². The highest BCUT2D eigenvalue weighted by molar-refractivity contribution is 5.89. The number of ether oxygens (including phenoxy) is 5. The van der Waals surface area contributed by atoms with E-state index in [1.807, 2.05) is 0 Å². The summed E-state index contributed by atoms with van der Waals surface area (Å²) >= 11 is 0. The quantitative estimate of drug-likeness (QED) is 0.114. The summed E-state index contributed by atoms with van der Waals surface area (Å²) in [5.74, 6) is -1.29. The molecule has 3 saturated heterocycles. The second kappa shape index (κ2) is 14.6. The SMILES string of the molecule is O=C(C1O[C@@H](OCC2O[C@@H](OC3C(O)[C@@H](O)C(O)[C@@H](O)[C@H]3O)C(O)[C@@H](O)[C@H]2O)C(O)[C@@H](O)[C@H]1O)[C@@H]1OC(CO)[C@H](O)[C@H](O)C1O. The molecule has 3 heterocycles. The Morgan fingerprint density at radius 1 is 0.467 bits per heavy atom. The van der Waals surface area contributed by atoms with Crippen LogP contribution in [0, 0.1) is 0 Å². The molecule has 21 nitrogen and oxygen atoms in total. The highest BCUT2D eigenvalue weighted by atomic mass is 16.7. The molecule has 0 aromatic rings. The number of aliphatic hydroxyl groups excluding tert-OH is 15. The summed E-state index contributed by atoms with van der Waals surface area (Å²) in [6, 6.07) is 0. The molecule has 1 saturated carbocycles. The molecule has 45 heavy (non-hydrogen) atoms. The van der Waals surface area contributed by atoms with E-state index in [9.17, 15) is 81.4 Å². The third-order valence-corrected chi connectivity index (χ3v) is 8.48. The average Bonchev–Trinajstić information content (AvgIpc) is 3.02. The molecule has 0 amide bonds. The number of aliphatic hydroxyl groups is 15. The van der Waals surface area contributed by atoms with Gasteiger partial charge < -0.3 is 100 Å². The molecular weight excluding hydrogens is 624 g/mol. The monoisotopic (exact) mass is 664 g/mol. The number of hydrogen-bond acceptors (Lipinski definition) is 21. The van der Waals surface area contributed by atoms with Gasteiger partial charge in [0.15, 0.2) is 24.5 Å². The molecule has 262 valence electrons. The third-order valence-electron chi connectivity index (χ3n) is 8.48. The van der Waals surface area contributed by atoms with Gasteiger partial charge in [0.05, 0.1) is 13.2 Å².